The molecule has 5 heteroatoms. The number of hydrogen-bond donors (Lipinski definition) is 1. The Hall–Kier alpha value is -1.85. The van der Waals surface area contributed by atoms with Crippen LogP contribution >= 0.6 is 0 Å². The summed E-state index contributed by atoms with van der Waals surface area (Å²) in [5.41, 5.74) is 0.965. The molecule has 0 bridgehead atoms. The lowest BCUT2D eigenvalue weighted by Gasteiger charge is -2.15. The summed E-state index contributed by atoms with van der Waals surface area (Å²) < 4.78 is 12.1. The van der Waals surface area contributed by atoms with Crippen LogP contribution in [0.3, 0.4) is 0 Å². The van der Waals surface area contributed by atoms with Gasteiger partial charge in [-0.15, -0.1) is 0 Å². The summed E-state index contributed by atoms with van der Waals surface area (Å²) in [6.45, 7) is 0.445. The number of ether oxygens (including phenoxy) is 2. The van der Waals surface area contributed by atoms with Crippen LogP contribution in [0.4, 0.5) is 0 Å². The zero-order chi connectivity index (χ0) is 13.1. The molecule has 0 saturated heterocycles. The maximum atomic E-state index is 11.2. The number of methoxy groups -OCH3 is 2. The van der Waals surface area contributed by atoms with Crippen LogP contribution in [0.1, 0.15) is 10.4 Å². The summed E-state index contributed by atoms with van der Waals surface area (Å²) in [6.07, 6.45) is 1.43. The number of rotatable bonds is 5. The van der Waals surface area contributed by atoms with Crippen molar-refractivity contribution in [3.8, 4) is 0 Å². The molecule has 5 nitrogen and oxygen atoms in total. The van der Waals surface area contributed by atoms with Gasteiger partial charge >= 0.3 is 5.97 Å². The van der Waals surface area contributed by atoms with E-state index in [-0.39, 0.29) is 5.56 Å². The number of fused-ring (bicyclic) bond motifs is 1. The smallest absolute Gasteiger partial charge is 0.337 e. The van der Waals surface area contributed by atoms with Crippen molar-refractivity contribution in [2.45, 2.75) is 12.8 Å². The number of aromatic carboxylic acids is 1. The molecule has 0 unspecified atom stereocenters. The highest BCUT2D eigenvalue weighted by molar-refractivity contribution is 6.02. The van der Waals surface area contributed by atoms with Crippen molar-refractivity contribution < 1.29 is 19.4 Å². The Labute approximate surface area is 105 Å². The van der Waals surface area contributed by atoms with Crippen LogP contribution in [0.2, 0.25) is 0 Å². The first kappa shape index (κ1) is 12.6. The molecule has 0 atom stereocenters. The van der Waals surface area contributed by atoms with Gasteiger partial charge in [-0.3, -0.25) is 0 Å². The first-order valence-electron chi connectivity index (χ1n) is 5.54. The summed E-state index contributed by atoms with van der Waals surface area (Å²) in [5.74, 6) is -0.938. The van der Waals surface area contributed by atoms with Gasteiger partial charge in [-0.25, -0.2) is 4.79 Å². The molecule has 0 amide bonds. The Kier molecular flexibility index (Phi) is 3.64. The van der Waals surface area contributed by atoms with Crippen molar-refractivity contribution in [1.82, 2.24) is 4.57 Å². The highest BCUT2D eigenvalue weighted by Crippen LogP contribution is 2.21. The fourth-order valence-electron chi connectivity index (χ4n) is 1.99. The van der Waals surface area contributed by atoms with Crippen LogP contribution in [0.25, 0.3) is 10.9 Å². The molecule has 0 spiro atoms. The summed E-state index contributed by atoms with van der Waals surface area (Å²) in [5, 5.41) is 10.1. The zero-order valence-electron chi connectivity index (χ0n) is 10.3. The molecule has 0 fully saturated rings. The minimum absolute atomic E-state index is 0.281. The van der Waals surface area contributed by atoms with Gasteiger partial charge in [-0.05, 0) is 12.1 Å². The standard InChI is InChI=1S/C13H15NO4/c1-17-11(18-2)8-14-7-6-9-4-3-5-10(12(9)14)13(15)16/h3-7,11H,8H2,1-2H3,(H,15,16). The number of para-hydroxylation sites is 1. The van der Waals surface area contributed by atoms with Crippen molar-refractivity contribution in [2.75, 3.05) is 14.2 Å². The predicted octanol–water partition coefficient (Wildman–Crippen LogP) is 1.96. The molecule has 18 heavy (non-hydrogen) atoms. The predicted molar refractivity (Wildman–Crippen MR) is 66.7 cm³/mol. The quantitative estimate of drug-likeness (QED) is 0.823. The van der Waals surface area contributed by atoms with Crippen molar-refractivity contribution in [2.24, 2.45) is 0 Å². The average molecular weight is 249 g/mol. The highest BCUT2D eigenvalue weighted by Gasteiger charge is 2.14. The van der Waals surface area contributed by atoms with Gasteiger partial charge in [-0.1, -0.05) is 12.1 Å². The lowest BCUT2D eigenvalue weighted by Crippen LogP contribution is -2.20. The van der Waals surface area contributed by atoms with E-state index in [2.05, 4.69) is 0 Å². The van der Waals surface area contributed by atoms with Crippen LogP contribution in [0.5, 0.6) is 0 Å². The molecular formula is C13H15NO4. The second-order valence-electron chi connectivity index (χ2n) is 3.92. The van der Waals surface area contributed by atoms with Crippen LogP contribution in [-0.2, 0) is 16.0 Å². The Balaban J connectivity index is 2.48. The Morgan fingerprint density at radius 3 is 2.67 bits per heavy atom. The average Bonchev–Trinajstić information content (AvgIpc) is 2.78. The van der Waals surface area contributed by atoms with Crippen molar-refractivity contribution >= 4 is 16.9 Å². The first-order chi connectivity index (χ1) is 8.67. The van der Waals surface area contributed by atoms with Crippen LogP contribution < -0.4 is 0 Å². The van der Waals surface area contributed by atoms with E-state index in [0.29, 0.717) is 12.1 Å². The summed E-state index contributed by atoms with van der Waals surface area (Å²) >= 11 is 0. The van der Waals surface area contributed by atoms with E-state index in [0.717, 1.165) is 5.39 Å². The number of carboxylic acids is 1. The fraction of sp³-hybridized carbons (Fsp3) is 0.308. The van der Waals surface area contributed by atoms with Crippen LogP contribution in [0.15, 0.2) is 30.5 Å². The van der Waals surface area contributed by atoms with E-state index in [9.17, 15) is 9.90 Å². The molecule has 1 N–H and O–H groups in total. The molecule has 0 aliphatic carbocycles. The third-order valence-corrected chi connectivity index (χ3v) is 2.89. The molecule has 2 rings (SSSR count). The number of carboxylic acid groups (broad SMARTS) is 1. The number of benzene rings is 1. The van der Waals surface area contributed by atoms with Gasteiger partial charge in [0.25, 0.3) is 0 Å². The van der Waals surface area contributed by atoms with Gasteiger partial charge in [-0.2, -0.15) is 0 Å². The molecular weight excluding hydrogens is 234 g/mol. The molecule has 0 aliphatic heterocycles. The molecule has 0 aliphatic rings. The second-order valence-corrected chi connectivity index (χ2v) is 3.92. The lowest BCUT2D eigenvalue weighted by molar-refractivity contribution is -0.110. The fourth-order valence-corrected chi connectivity index (χ4v) is 1.99. The van der Waals surface area contributed by atoms with Gasteiger partial charge in [0, 0.05) is 25.8 Å². The van der Waals surface area contributed by atoms with Crippen molar-refractivity contribution in [3.63, 3.8) is 0 Å². The van der Waals surface area contributed by atoms with Crippen molar-refractivity contribution in [1.29, 1.82) is 0 Å². The van der Waals surface area contributed by atoms with E-state index >= 15 is 0 Å². The number of aromatic nitrogens is 1. The number of nitrogens with zero attached hydrogens (tertiary/aromatic N) is 1. The zero-order valence-corrected chi connectivity index (χ0v) is 10.3. The maximum absolute atomic E-state index is 11.2. The van der Waals surface area contributed by atoms with E-state index in [1.54, 1.807) is 26.4 Å². The second kappa shape index (κ2) is 5.20. The Morgan fingerprint density at radius 1 is 1.33 bits per heavy atom. The van der Waals surface area contributed by atoms with Gasteiger partial charge < -0.3 is 19.1 Å². The first-order valence-corrected chi connectivity index (χ1v) is 5.54. The molecule has 1 aromatic carbocycles. The molecule has 1 heterocycles. The minimum atomic E-state index is -0.938. The molecule has 1 aromatic heterocycles. The summed E-state index contributed by atoms with van der Waals surface area (Å²) in [7, 11) is 3.11. The lowest BCUT2D eigenvalue weighted by atomic mass is 10.1. The number of carbonyl (C=O) groups is 1. The van der Waals surface area contributed by atoms with Crippen molar-refractivity contribution in [3.05, 3.63) is 36.0 Å². The highest BCUT2D eigenvalue weighted by atomic mass is 16.7. The van der Waals surface area contributed by atoms with Crippen LogP contribution in [0, 0.1) is 0 Å². The van der Waals surface area contributed by atoms with E-state index < -0.39 is 12.3 Å². The van der Waals surface area contributed by atoms with Crippen LogP contribution in [-0.4, -0.2) is 36.2 Å². The van der Waals surface area contributed by atoms with Gasteiger partial charge in [0.15, 0.2) is 6.29 Å². The Morgan fingerprint density at radius 2 is 2.06 bits per heavy atom. The molecule has 0 saturated carbocycles. The summed E-state index contributed by atoms with van der Waals surface area (Å²) in [4.78, 5) is 11.2. The SMILES string of the molecule is COC(Cn1ccc2cccc(C(=O)O)c21)OC. The maximum Gasteiger partial charge on any atom is 0.337 e. The molecule has 96 valence electrons. The third-order valence-electron chi connectivity index (χ3n) is 2.89. The molecule has 2 aromatic rings. The van der Waals surface area contributed by atoms with E-state index in [1.807, 2.05) is 22.9 Å². The summed E-state index contributed by atoms with van der Waals surface area (Å²) in [6, 6.07) is 7.09. The number of hydrogen-bond acceptors (Lipinski definition) is 3. The minimum Gasteiger partial charge on any atom is -0.478 e. The topological polar surface area (TPSA) is 60.7 Å². The largest absolute Gasteiger partial charge is 0.478 e. The third kappa shape index (κ3) is 2.23. The molecule has 0 radical (unpaired) electrons. The Bertz CT molecular complexity index is 557. The van der Waals surface area contributed by atoms with Gasteiger partial charge in [0.2, 0.25) is 0 Å². The van der Waals surface area contributed by atoms with Gasteiger partial charge in [0.05, 0.1) is 17.6 Å². The van der Waals surface area contributed by atoms with E-state index in [1.165, 1.54) is 0 Å². The monoisotopic (exact) mass is 249 g/mol. The van der Waals surface area contributed by atoms with Gasteiger partial charge in [0.1, 0.15) is 0 Å². The normalized spacial score (nSPS) is 11.3. The van der Waals surface area contributed by atoms with E-state index in [4.69, 9.17) is 9.47 Å².